The summed E-state index contributed by atoms with van der Waals surface area (Å²) in [6, 6.07) is 13.7. The molecule has 22 heavy (non-hydrogen) atoms. The van der Waals surface area contributed by atoms with Crippen LogP contribution in [0, 0.1) is 6.92 Å². The van der Waals surface area contributed by atoms with Crippen molar-refractivity contribution >= 4 is 11.7 Å². The van der Waals surface area contributed by atoms with Gasteiger partial charge in [0.1, 0.15) is 18.2 Å². The lowest BCUT2D eigenvalue weighted by atomic mass is 10.1. The molecule has 0 atom stereocenters. The first kappa shape index (κ1) is 14.0. The van der Waals surface area contributed by atoms with Crippen LogP contribution in [0.25, 0.3) is 11.1 Å². The number of carbonyl (C=O) groups is 1. The van der Waals surface area contributed by atoms with Crippen LogP contribution in [-0.4, -0.2) is 20.4 Å². The maximum atomic E-state index is 12.0. The Morgan fingerprint density at radius 2 is 1.91 bits per heavy atom. The minimum atomic E-state index is -0.124. The fourth-order valence-corrected chi connectivity index (χ4v) is 2.18. The summed E-state index contributed by atoms with van der Waals surface area (Å²) in [6.45, 7) is 2.09. The highest BCUT2D eigenvalue weighted by Gasteiger charge is 2.06. The molecule has 0 saturated carbocycles. The fraction of sp³-hybridized carbons (Fsp3) is 0.118. The van der Waals surface area contributed by atoms with Gasteiger partial charge in [-0.25, -0.2) is 9.97 Å². The number of aryl methyl sites for hydroxylation is 1. The number of hydrogen-bond acceptors (Lipinski definition) is 3. The van der Waals surface area contributed by atoms with E-state index in [2.05, 4.69) is 15.3 Å². The van der Waals surface area contributed by atoms with E-state index >= 15 is 0 Å². The number of amides is 1. The van der Waals surface area contributed by atoms with Gasteiger partial charge in [-0.05, 0) is 24.6 Å². The van der Waals surface area contributed by atoms with E-state index in [1.165, 1.54) is 0 Å². The minimum absolute atomic E-state index is 0.124. The largest absolute Gasteiger partial charge is 0.326 e. The highest BCUT2D eigenvalue weighted by Crippen LogP contribution is 2.18. The highest BCUT2D eigenvalue weighted by atomic mass is 16.2. The Morgan fingerprint density at radius 1 is 1.09 bits per heavy atom. The van der Waals surface area contributed by atoms with Gasteiger partial charge in [-0.1, -0.05) is 30.3 Å². The number of benzene rings is 1. The molecule has 0 saturated heterocycles. The molecule has 0 spiro atoms. The van der Waals surface area contributed by atoms with Crippen LogP contribution >= 0.6 is 0 Å². The first-order chi connectivity index (χ1) is 10.7. The zero-order valence-corrected chi connectivity index (χ0v) is 12.2. The molecule has 2 aromatic heterocycles. The number of pyridine rings is 1. The van der Waals surface area contributed by atoms with Crippen molar-refractivity contribution in [1.82, 2.24) is 14.5 Å². The second-order valence-electron chi connectivity index (χ2n) is 4.95. The van der Waals surface area contributed by atoms with Crippen LogP contribution in [0.4, 0.5) is 5.82 Å². The van der Waals surface area contributed by atoms with Gasteiger partial charge in [0.05, 0.1) is 0 Å². The van der Waals surface area contributed by atoms with Gasteiger partial charge in [-0.3, -0.25) is 4.79 Å². The standard InChI is InChI=1S/C17H16N4O/c1-13-18-9-10-21(13)12-17(22)20-16-8-7-15(11-19-16)14-5-3-2-4-6-14/h2-11H,12H2,1H3,(H,19,20,22). The van der Waals surface area contributed by atoms with Crippen molar-refractivity contribution in [3.8, 4) is 11.1 Å². The van der Waals surface area contributed by atoms with Gasteiger partial charge in [0.2, 0.25) is 5.91 Å². The number of rotatable bonds is 4. The Labute approximate surface area is 128 Å². The Bertz CT molecular complexity index is 763. The smallest absolute Gasteiger partial charge is 0.245 e. The normalized spacial score (nSPS) is 10.4. The summed E-state index contributed by atoms with van der Waals surface area (Å²) in [5.74, 6) is 1.23. The monoisotopic (exact) mass is 292 g/mol. The van der Waals surface area contributed by atoms with E-state index in [-0.39, 0.29) is 12.5 Å². The van der Waals surface area contributed by atoms with Crippen LogP contribution in [0.3, 0.4) is 0 Å². The molecule has 1 amide bonds. The summed E-state index contributed by atoms with van der Waals surface area (Å²) in [4.78, 5) is 20.4. The fourth-order valence-electron chi connectivity index (χ4n) is 2.18. The van der Waals surface area contributed by atoms with Gasteiger partial charge in [0.25, 0.3) is 0 Å². The molecule has 0 unspecified atom stereocenters. The third-order valence-corrected chi connectivity index (χ3v) is 3.38. The Balaban J connectivity index is 1.66. The Kier molecular flexibility index (Phi) is 3.96. The van der Waals surface area contributed by atoms with E-state index in [0.717, 1.165) is 17.0 Å². The molecule has 0 aliphatic carbocycles. The third kappa shape index (κ3) is 3.20. The summed E-state index contributed by atoms with van der Waals surface area (Å²) in [7, 11) is 0. The molecule has 3 rings (SSSR count). The SMILES string of the molecule is Cc1nccn1CC(=O)Nc1ccc(-c2ccccc2)cn1. The topological polar surface area (TPSA) is 59.8 Å². The number of carbonyl (C=O) groups excluding carboxylic acids is 1. The van der Waals surface area contributed by atoms with Gasteiger partial charge in [0, 0.05) is 24.2 Å². The second-order valence-corrected chi connectivity index (χ2v) is 4.95. The molecule has 0 radical (unpaired) electrons. The molecule has 0 fully saturated rings. The van der Waals surface area contributed by atoms with E-state index in [1.807, 2.05) is 43.3 Å². The Morgan fingerprint density at radius 3 is 2.55 bits per heavy atom. The van der Waals surface area contributed by atoms with Crippen LogP contribution in [0.15, 0.2) is 61.1 Å². The van der Waals surface area contributed by atoms with Gasteiger partial charge < -0.3 is 9.88 Å². The molecule has 5 heteroatoms. The van der Waals surface area contributed by atoms with Crippen molar-refractivity contribution in [2.75, 3.05) is 5.32 Å². The van der Waals surface area contributed by atoms with Crippen LogP contribution in [0.2, 0.25) is 0 Å². The van der Waals surface area contributed by atoms with Gasteiger partial charge >= 0.3 is 0 Å². The summed E-state index contributed by atoms with van der Waals surface area (Å²) in [6.07, 6.45) is 5.21. The lowest BCUT2D eigenvalue weighted by molar-refractivity contribution is -0.116. The van der Waals surface area contributed by atoms with Crippen molar-refractivity contribution < 1.29 is 4.79 Å². The molecule has 1 N–H and O–H groups in total. The number of aromatic nitrogens is 3. The summed E-state index contributed by atoms with van der Waals surface area (Å²) < 4.78 is 1.79. The van der Waals surface area contributed by atoms with E-state index in [0.29, 0.717) is 5.82 Å². The molecular weight excluding hydrogens is 276 g/mol. The maximum absolute atomic E-state index is 12.0. The zero-order valence-electron chi connectivity index (χ0n) is 12.2. The molecule has 1 aromatic carbocycles. The zero-order chi connectivity index (χ0) is 15.4. The van der Waals surface area contributed by atoms with E-state index in [1.54, 1.807) is 29.2 Å². The number of anilines is 1. The molecule has 0 aliphatic rings. The van der Waals surface area contributed by atoms with E-state index in [9.17, 15) is 4.79 Å². The molecule has 0 bridgehead atoms. The van der Waals surface area contributed by atoms with Crippen LogP contribution in [-0.2, 0) is 11.3 Å². The maximum Gasteiger partial charge on any atom is 0.245 e. The van der Waals surface area contributed by atoms with Crippen molar-refractivity contribution in [2.45, 2.75) is 13.5 Å². The predicted molar refractivity (Wildman–Crippen MR) is 85.3 cm³/mol. The average molecular weight is 292 g/mol. The van der Waals surface area contributed by atoms with Gasteiger partial charge in [-0.15, -0.1) is 0 Å². The van der Waals surface area contributed by atoms with E-state index in [4.69, 9.17) is 0 Å². The van der Waals surface area contributed by atoms with Crippen molar-refractivity contribution in [3.63, 3.8) is 0 Å². The first-order valence-corrected chi connectivity index (χ1v) is 7.01. The highest BCUT2D eigenvalue weighted by molar-refractivity contribution is 5.89. The number of nitrogens with one attached hydrogen (secondary N) is 1. The Hall–Kier alpha value is -2.95. The van der Waals surface area contributed by atoms with Crippen molar-refractivity contribution in [2.24, 2.45) is 0 Å². The molecule has 5 nitrogen and oxygen atoms in total. The quantitative estimate of drug-likeness (QED) is 0.804. The molecule has 2 heterocycles. The van der Waals surface area contributed by atoms with Gasteiger partial charge in [-0.2, -0.15) is 0 Å². The lowest BCUT2D eigenvalue weighted by Gasteiger charge is -2.07. The van der Waals surface area contributed by atoms with Crippen LogP contribution in [0.1, 0.15) is 5.82 Å². The third-order valence-electron chi connectivity index (χ3n) is 3.38. The minimum Gasteiger partial charge on any atom is -0.326 e. The van der Waals surface area contributed by atoms with Crippen LogP contribution < -0.4 is 5.32 Å². The summed E-state index contributed by atoms with van der Waals surface area (Å²) in [5, 5.41) is 2.79. The summed E-state index contributed by atoms with van der Waals surface area (Å²) >= 11 is 0. The number of hydrogen-bond donors (Lipinski definition) is 1. The second kappa shape index (κ2) is 6.22. The van der Waals surface area contributed by atoms with E-state index < -0.39 is 0 Å². The molecule has 0 aliphatic heterocycles. The van der Waals surface area contributed by atoms with Crippen molar-refractivity contribution in [3.05, 3.63) is 66.9 Å². The van der Waals surface area contributed by atoms with Crippen molar-refractivity contribution in [1.29, 1.82) is 0 Å². The summed E-state index contributed by atoms with van der Waals surface area (Å²) in [5.41, 5.74) is 2.12. The number of imidazole rings is 1. The van der Waals surface area contributed by atoms with Gasteiger partial charge in [0.15, 0.2) is 0 Å². The first-order valence-electron chi connectivity index (χ1n) is 7.01. The molecule has 110 valence electrons. The molecular formula is C17H16N4O. The predicted octanol–water partition coefficient (Wildman–Crippen LogP) is 2.89. The average Bonchev–Trinajstić information content (AvgIpc) is 2.94. The lowest BCUT2D eigenvalue weighted by Crippen LogP contribution is -2.19. The number of nitrogens with zero attached hydrogens (tertiary/aromatic N) is 3. The van der Waals surface area contributed by atoms with Crippen LogP contribution in [0.5, 0.6) is 0 Å². The molecule has 3 aromatic rings.